The Morgan fingerprint density at radius 1 is 0.800 bits per heavy atom. The summed E-state index contributed by atoms with van der Waals surface area (Å²) in [6.07, 6.45) is 0. The van der Waals surface area contributed by atoms with Crippen molar-refractivity contribution >= 4 is 11.9 Å². The van der Waals surface area contributed by atoms with E-state index in [2.05, 4.69) is 0 Å². The molecule has 0 aromatic rings. The Kier molecular flexibility index (Phi) is 6.21. The highest BCUT2D eigenvalue weighted by Gasteiger charge is 2.32. The Morgan fingerprint density at radius 2 is 1.05 bits per heavy atom. The second kappa shape index (κ2) is 6.57. The molecule has 0 N–H and O–H groups in total. The molecule has 118 valence electrons. The first kappa shape index (κ1) is 18.9. The van der Waals surface area contributed by atoms with E-state index in [9.17, 15) is 9.59 Å². The highest BCUT2D eigenvalue weighted by Crippen LogP contribution is 2.28. The first-order chi connectivity index (χ1) is 8.76. The molecule has 0 bridgehead atoms. The van der Waals surface area contributed by atoms with Crippen molar-refractivity contribution in [2.24, 2.45) is 22.7 Å². The van der Waals surface area contributed by atoms with Gasteiger partial charge in [-0.05, 0) is 10.8 Å². The normalized spacial score (nSPS) is 15.7. The van der Waals surface area contributed by atoms with E-state index in [0.29, 0.717) is 0 Å². The summed E-state index contributed by atoms with van der Waals surface area (Å²) >= 11 is 0. The summed E-state index contributed by atoms with van der Waals surface area (Å²) in [6, 6.07) is 0. The van der Waals surface area contributed by atoms with Gasteiger partial charge in [-0.15, -0.1) is 0 Å². The van der Waals surface area contributed by atoms with Crippen LogP contribution in [0.3, 0.4) is 0 Å². The number of carbonyl (C=O) groups is 2. The summed E-state index contributed by atoms with van der Waals surface area (Å²) in [5, 5.41) is 0.842. The average Bonchev–Trinajstić information content (AvgIpc) is 2.23. The van der Waals surface area contributed by atoms with Crippen LogP contribution in [0.15, 0.2) is 0 Å². The van der Waals surface area contributed by atoms with E-state index in [-0.39, 0.29) is 22.7 Å². The maximum absolute atomic E-state index is 11.9. The fourth-order valence-corrected chi connectivity index (χ4v) is 1.14. The van der Waals surface area contributed by atoms with Crippen LogP contribution in [0.2, 0.25) is 0 Å². The van der Waals surface area contributed by atoms with Gasteiger partial charge in [0.2, 0.25) is 0 Å². The van der Waals surface area contributed by atoms with Crippen LogP contribution in [0.1, 0.15) is 55.4 Å². The lowest BCUT2D eigenvalue weighted by atomic mass is 9.82. The van der Waals surface area contributed by atoms with Crippen molar-refractivity contribution < 1.29 is 19.3 Å². The lowest BCUT2D eigenvalue weighted by Gasteiger charge is -2.28. The molecule has 0 aliphatic carbocycles. The second-order valence-electron chi connectivity index (χ2n) is 7.44. The van der Waals surface area contributed by atoms with Gasteiger partial charge in [0.1, 0.15) is 0 Å². The molecule has 0 rings (SSSR count). The second-order valence-corrected chi connectivity index (χ2v) is 7.44. The van der Waals surface area contributed by atoms with E-state index in [4.69, 9.17) is 9.68 Å². The highest BCUT2D eigenvalue weighted by molar-refractivity contribution is 5.74. The summed E-state index contributed by atoms with van der Waals surface area (Å²) in [5.74, 6) is -1.44. The molecule has 0 aromatic heterocycles. The molecule has 0 saturated carbocycles. The molecule has 0 saturated heterocycles. The zero-order valence-electron chi connectivity index (χ0n) is 14.2. The fraction of sp³-hybridized carbons (Fsp3) is 0.867. The molecule has 2 atom stereocenters. The van der Waals surface area contributed by atoms with Crippen LogP contribution < -0.4 is 0 Å². The van der Waals surface area contributed by atoms with Gasteiger partial charge in [-0.1, -0.05) is 55.4 Å². The number of rotatable bonds is 4. The topological polar surface area (TPSA) is 55.8 Å². The summed E-state index contributed by atoms with van der Waals surface area (Å²) < 4.78 is 0. The quantitative estimate of drug-likeness (QED) is 0.743. The number of hydrogen-bond acceptors (Lipinski definition) is 5. The molecular formula is C15H29NO4. The van der Waals surface area contributed by atoms with Crippen molar-refractivity contribution in [3.05, 3.63) is 0 Å². The van der Waals surface area contributed by atoms with Crippen LogP contribution in [-0.4, -0.2) is 24.2 Å². The van der Waals surface area contributed by atoms with Crippen LogP contribution in [-0.2, 0) is 19.3 Å². The van der Waals surface area contributed by atoms with E-state index < -0.39 is 11.9 Å². The van der Waals surface area contributed by atoms with Crippen LogP contribution in [0, 0.1) is 22.7 Å². The van der Waals surface area contributed by atoms with Gasteiger partial charge >= 0.3 is 11.9 Å². The Bertz CT molecular complexity index is 318. The molecule has 0 heterocycles. The van der Waals surface area contributed by atoms with Gasteiger partial charge < -0.3 is 9.68 Å². The first-order valence-electron chi connectivity index (χ1n) is 6.94. The number of hydrogen-bond donors (Lipinski definition) is 0. The molecule has 0 fully saturated rings. The first-order valence-corrected chi connectivity index (χ1v) is 6.94. The molecule has 0 aliphatic heterocycles. The highest BCUT2D eigenvalue weighted by atomic mass is 17.0. The molecule has 5 heteroatoms. The molecule has 0 aliphatic rings. The SMILES string of the molecule is C[C@@H](C(=O)ON(C)OC(=O)[C@H](C)C(C)(C)C)C(C)(C)C. The van der Waals surface area contributed by atoms with Crippen molar-refractivity contribution in [1.82, 2.24) is 5.23 Å². The van der Waals surface area contributed by atoms with Gasteiger partial charge in [0.25, 0.3) is 0 Å². The smallest absolute Gasteiger partial charge is 0.332 e. The number of carbonyl (C=O) groups excluding carboxylic acids is 2. The number of nitrogens with zero attached hydrogens (tertiary/aromatic N) is 1. The van der Waals surface area contributed by atoms with Gasteiger partial charge in [0.15, 0.2) is 0 Å². The van der Waals surface area contributed by atoms with E-state index in [1.54, 1.807) is 13.8 Å². The van der Waals surface area contributed by atoms with Gasteiger partial charge in [-0.3, -0.25) is 0 Å². The third-order valence-electron chi connectivity index (χ3n) is 3.74. The minimum Gasteiger partial charge on any atom is -0.333 e. The standard InChI is InChI=1S/C15H29NO4/c1-10(14(3,4)5)12(17)19-16(9)20-13(18)11(2)15(6,7)8/h10-11H,1-9H3/t10-,11-/m0/s1. The van der Waals surface area contributed by atoms with E-state index in [1.165, 1.54) is 7.05 Å². The zero-order chi connectivity index (χ0) is 16.3. The molecule has 0 radical (unpaired) electrons. The monoisotopic (exact) mass is 287 g/mol. The Morgan fingerprint density at radius 3 is 1.25 bits per heavy atom. The minimum absolute atomic E-state index is 0.208. The van der Waals surface area contributed by atoms with Crippen molar-refractivity contribution in [3.8, 4) is 0 Å². The Hall–Kier alpha value is -1.10. The Balaban J connectivity index is 4.48. The van der Waals surface area contributed by atoms with Gasteiger partial charge in [0, 0.05) is 5.23 Å². The molecule has 0 amide bonds. The molecule has 20 heavy (non-hydrogen) atoms. The third kappa shape index (κ3) is 5.90. The van der Waals surface area contributed by atoms with Crippen molar-refractivity contribution in [1.29, 1.82) is 0 Å². The molecule has 0 unspecified atom stereocenters. The van der Waals surface area contributed by atoms with Crippen LogP contribution in [0.25, 0.3) is 0 Å². The van der Waals surface area contributed by atoms with Crippen LogP contribution in [0.4, 0.5) is 0 Å². The maximum Gasteiger partial charge on any atom is 0.332 e. The third-order valence-corrected chi connectivity index (χ3v) is 3.74. The lowest BCUT2D eigenvalue weighted by Crippen LogP contribution is -2.36. The predicted molar refractivity (Wildman–Crippen MR) is 77.2 cm³/mol. The molecule has 0 aromatic carbocycles. The van der Waals surface area contributed by atoms with Crippen LogP contribution in [0.5, 0.6) is 0 Å². The van der Waals surface area contributed by atoms with Crippen molar-refractivity contribution in [2.45, 2.75) is 55.4 Å². The number of hydroxylamine groups is 2. The summed E-state index contributed by atoms with van der Waals surface area (Å²) in [6.45, 7) is 15.3. The predicted octanol–water partition coefficient (Wildman–Crippen LogP) is 3.20. The van der Waals surface area contributed by atoms with Crippen molar-refractivity contribution in [3.63, 3.8) is 0 Å². The fourth-order valence-electron chi connectivity index (χ4n) is 1.14. The maximum atomic E-state index is 11.9. The largest absolute Gasteiger partial charge is 0.333 e. The molecule has 0 spiro atoms. The molecule has 5 nitrogen and oxygen atoms in total. The van der Waals surface area contributed by atoms with E-state index in [1.807, 2.05) is 41.5 Å². The van der Waals surface area contributed by atoms with Gasteiger partial charge in [-0.25, -0.2) is 9.59 Å². The van der Waals surface area contributed by atoms with E-state index in [0.717, 1.165) is 5.23 Å². The average molecular weight is 287 g/mol. The van der Waals surface area contributed by atoms with Crippen molar-refractivity contribution in [2.75, 3.05) is 7.05 Å². The lowest BCUT2D eigenvalue weighted by molar-refractivity contribution is -0.317. The summed E-state index contributed by atoms with van der Waals surface area (Å²) in [4.78, 5) is 33.8. The summed E-state index contributed by atoms with van der Waals surface area (Å²) in [7, 11) is 1.40. The van der Waals surface area contributed by atoms with Gasteiger partial charge in [0.05, 0.1) is 18.9 Å². The summed E-state index contributed by atoms with van der Waals surface area (Å²) in [5.41, 5.74) is -0.415. The van der Waals surface area contributed by atoms with Crippen LogP contribution >= 0.6 is 0 Å². The van der Waals surface area contributed by atoms with E-state index >= 15 is 0 Å². The Labute approximate surface area is 122 Å². The van der Waals surface area contributed by atoms with Gasteiger partial charge in [-0.2, -0.15) is 0 Å². The molecular weight excluding hydrogens is 258 g/mol. The minimum atomic E-state index is -0.420. The zero-order valence-corrected chi connectivity index (χ0v) is 14.2.